The predicted octanol–water partition coefficient (Wildman–Crippen LogP) is 4.28. The van der Waals surface area contributed by atoms with Crippen molar-refractivity contribution in [1.29, 1.82) is 5.41 Å². The van der Waals surface area contributed by atoms with E-state index >= 15 is 0 Å². The van der Waals surface area contributed by atoms with Gasteiger partial charge in [0.05, 0.1) is 0 Å². The van der Waals surface area contributed by atoms with Crippen molar-refractivity contribution in [2.24, 2.45) is 0 Å². The topological polar surface area (TPSA) is 49.0 Å². The van der Waals surface area contributed by atoms with E-state index in [1.807, 2.05) is 25.2 Å². The van der Waals surface area contributed by atoms with Crippen LogP contribution >= 0.6 is 0 Å². The zero-order chi connectivity index (χ0) is 14.1. The highest BCUT2D eigenvalue weighted by molar-refractivity contribution is 6.04. The maximum Gasteiger partial charge on any atom is 0.144 e. The van der Waals surface area contributed by atoms with Crippen LogP contribution in [-0.2, 0) is 0 Å². The van der Waals surface area contributed by atoms with Gasteiger partial charge in [0.2, 0.25) is 0 Å². The van der Waals surface area contributed by atoms with E-state index in [1.165, 1.54) is 18.3 Å². The van der Waals surface area contributed by atoms with Crippen LogP contribution in [0.5, 0.6) is 0 Å². The third-order valence-corrected chi connectivity index (χ3v) is 3.27. The van der Waals surface area contributed by atoms with Gasteiger partial charge in [-0.05, 0) is 36.4 Å². The molecule has 2 aromatic carbocycles. The van der Waals surface area contributed by atoms with Gasteiger partial charge in [0.15, 0.2) is 0 Å². The monoisotopic (exact) mass is 268 g/mol. The molecular weight excluding hydrogens is 255 g/mol. The maximum absolute atomic E-state index is 13.0. The van der Waals surface area contributed by atoms with Crippen molar-refractivity contribution in [1.82, 2.24) is 0 Å². The lowest BCUT2D eigenvalue weighted by Gasteiger charge is -1.98. The van der Waals surface area contributed by atoms with Crippen molar-refractivity contribution in [2.45, 2.75) is 0 Å². The highest BCUT2D eigenvalue weighted by Crippen LogP contribution is 2.33. The molecule has 0 spiro atoms. The van der Waals surface area contributed by atoms with Crippen molar-refractivity contribution >= 4 is 22.9 Å². The molecule has 100 valence electrons. The summed E-state index contributed by atoms with van der Waals surface area (Å²) in [5.74, 6) is 0.294. The second kappa shape index (κ2) is 4.81. The third kappa shape index (κ3) is 1.95. The average molecular weight is 268 g/mol. The number of anilines is 1. The van der Waals surface area contributed by atoms with Crippen molar-refractivity contribution in [3.05, 3.63) is 53.8 Å². The van der Waals surface area contributed by atoms with Crippen molar-refractivity contribution in [3.63, 3.8) is 0 Å². The first-order valence-corrected chi connectivity index (χ1v) is 6.23. The van der Waals surface area contributed by atoms with Gasteiger partial charge in [0.25, 0.3) is 0 Å². The molecular formula is C16H13FN2O. The fourth-order valence-electron chi connectivity index (χ4n) is 2.23. The van der Waals surface area contributed by atoms with Gasteiger partial charge < -0.3 is 15.1 Å². The largest absolute Gasteiger partial charge is 0.455 e. The number of benzene rings is 2. The van der Waals surface area contributed by atoms with Crippen LogP contribution in [0.3, 0.4) is 0 Å². The lowest BCUT2D eigenvalue weighted by Crippen LogP contribution is -1.86. The molecule has 1 heterocycles. The van der Waals surface area contributed by atoms with E-state index in [1.54, 1.807) is 12.1 Å². The molecule has 0 aliphatic heterocycles. The van der Waals surface area contributed by atoms with Crippen LogP contribution in [0.15, 0.2) is 46.9 Å². The van der Waals surface area contributed by atoms with Gasteiger partial charge >= 0.3 is 0 Å². The summed E-state index contributed by atoms with van der Waals surface area (Å²) >= 11 is 0. The molecule has 3 rings (SSSR count). The number of fused-ring (bicyclic) bond motifs is 1. The minimum Gasteiger partial charge on any atom is -0.455 e. The van der Waals surface area contributed by atoms with E-state index in [0.29, 0.717) is 16.9 Å². The normalized spacial score (nSPS) is 10.7. The minimum absolute atomic E-state index is 0.293. The van der Waals surface area contributed by atoms with Gasteiger partial charge in [-0.25, -0.2) is 4.39 Å². The molecule has 3 nitrogen and oxygen atoms in total. The van der Waals surface area contributed by atoms with Crippen LogP contribution in [-0.4, -0.2) is 13.3 Å². The Morgan fingerprint density at radius 1 is 1.15 bits per heavy atom. The van der Waals surface area contributed by atoms with Gasteiger partial charge in [-0.1, -0.05) is 0 Å². The molecule has 20 heavy (non-hydrogen) atoms. The minimum atomic E-state index is -0.293. The van der Waals surface area contributed by atoms with Crippen molar-refractivity contribution in [3.8, 4) is 11.3 Å². The van der Waals surface area contributed by atoms with Crippen LogP contribution in [0.1, 0.15) is 5.56 Å². The fourth-order valence-corrected chi connectivity index (χ4v) is 2.23. The van der Waals surface area contributed by atoms with Crippen molar-refractivity contribution < 1.29 is 8.81 Å². The quantitative estimate of drug-likeness (QED) is 0.696. The average Bonchev–Trinajstić information content (AvgIpc) is 2.85. The molecule has 0 bridgehead atoms. The maximum atomic E-state index is 13.0. The Morgan fingerprint density at radius 2 is 1.90 bits per heavy atom. The lowest BCUT2D eigenvalue weighted by atomic mass is 10.1. The number of halogens is 1. The summed E-state index contributed by atoms with van der Waals surface area (Å²) in [5, 5.41) is 11.5. The van der Waals surface area contributed by atoms with Crippen LogP contribution in [0.4, 0.5) is 10.1 Å². The SMILES string of the molecule is CNc1ccc2c(C=N)c(-c3ccc(F)cc3)oc2c1. The Morgan fingerprint density at radius 3 is 2.55 bits per heavy atom. The summed E-state index contributed by atoms with van der Waals surface area (Å²) in [7, 11) is 1.84. The number of rotatable bonds is 3. The summed E-state index contributed by atoms with van der Waals surface area (Å²) in [5.41, 5.74) is 3.10. The van der Waals surface area contributed by atoms with Crippen LogP contribution in [0.2, 0.25) is 0 Å². The second-order valence-corrected chi connectivity index (χ2v) is 4.46. The standard InChI is InChI=1S/C16H13FN2O/c1-19-12-6-7-13-14(9-18)16(20-15(13)8-12)10-2-4-11(17)5-3-10/h2-9,18-19H,1H3. The van der Waals surface area contributed by atoms with Gasteiger partial charge in [0.1, 0.15) is 17.2 Å². The van der Waals surface area contributed by atoms with Gasteiger partial charge in [0, 0.05) is 41.5 Å². The molecule has 0 amide bonds. The summed E-state index contributed by atoms with van der Waals surface area (Å²) in [6.45, 7) is 0. The van der Waals surface area contributed by atoms with E-state index in [9.17, 15) is 4.39 Å². The molecule has 0 aliphatic carbocycles. The molecule has 0 fully saturated rings. The van der Waals surface area contributed by atoms with Crippen LogP contribution < -0.4 is 5.32 Å². The molecule has 0 radical (unpaired) electrons. The van der Waals surface area contributed by atoms with E-state index < -0.39 is 0 Å². The predicted molar refractivity (Wildman–Crippen MR) is 79.0 cm³/mol. The summed E-state index contributed by atoms with van der Waals surface area (Å²) in [4.78, 5) is 0. The summed E-state index contributed by atoms with van der Waals surface area (Å²) in [6, 6.07) is 11.8. The van der Waals surface area contributed by atoms with E-state index in [-0.39, 0.29) is 5.82 Å². The van der Waals surface area contributed by atoms with Gasteiger partial charge in [-0.3, -0.25) is 0 Å². The zero-order valence-corrected chi connectivity index (χ0v) is 10.9. The van der Waals surface area contributed by atoms with Crippen LogP contribution in [0, 0.1) is 11.2 Å². The zero-order valence-electron chi connectivity index (χ0n) is 10.9. The summed E-state index contributed by atoms with van der Waals surface area (Å²) in [6.07, 6.45) is 1.27. The number of hydrogen-bond donors (Lipinski definition) is 2. The number of hydrogen-bond acceptors (Lipinski definition) is 3. The molecule has 0 unspecified atom stereocenters. The fraction of sp³-hybridized carbons (Fsp3) is 0.0625. The Bertz CT molecular complexity index is 775. The smallest absolute Gasteiger partial charge is 0.144 e. The highest BCUT2D eigenvalue weighted by atomic mass is 19.1. The van der Waals surface area contributed by atoms with Gasteiger partial charge in [-0.2, -0.15) is 0 Å². The lowest BCUT2D eigenvalue weighted by molar-refractivity contribution is 0.623. The molecule has 3 aromatic rings. The first-order valence-electron chi connectivity index (χ1n) is 6.23. The number of nitrogens with one attached hydrogen (secondary N) is 2. The number of furan rings is 1. The Kier molecular flexibility index (Phi) is 2.99. The molecule has 1 aromatic heterocycles. The Hall–Kier alpha value is -2.62. The molecule has 0 atom stereocenters. The molecule has 4 heteroatoms. The first kappa shape index (κ1) is 12.4. The molecule has 0 saturated carbocycles. The van der Waals surface area contributed by atoms with Crippen LogP contribution in [0.25, 0.3) is 22.3 Å². The Balaban J connectivity index is 2.24. The second-order valence-electron chi connectivity index (χ2n) is 4.46. The highest BCUT2D eigenvalue weighted by Gasteiger charge is 2.14. The van der Waals surface area contributed by atoms with E-state index in [2.05, 4.69) is 5.32 Å². The first-order chi connectivity index (χ1) is 9.72. The third-order valence-electron chi connectivity index (χ3n) is 3.27. The van der Waals surface area contributed by atoms with E-state index in [4.69, 9.17) is 9.83 Å². The Labute approximate surface area is 115 Å². The van der Waals surface area contributed by atoms with E-state index in [0.717, 1.165) is 16.6 Å². The molecule has 2 N–H and O–H groups in total. The summed E-state index contributed by atoms with van der Waals surface area (Å²) < 4.78 is 18.8. The molecule has 0 saturated heterocycles. The van der Waals surface area contributed by atoms with Gasteiger partial charge in [-0.15, -0.1) is 0 Å². The van der Waals surface area contributed by atoms with Crippen molar-refractivity contribution in [2.75, 3.05) is 12.4 Å². The molecule has 0 aliphatic rings.